The van der Waals surface area contributed by atoms with Crippen molar-refractivity contribution in [3.63, 3.8) is 0 Å². The Morgan fingerprint density at radius 2 is 1.85 bits per heavy atom. The third kappa shape index (κ3) is 3.65. The standard InChI is InChI=1S/C11H24N2/c1-3-9-12-13(10-4-2)11-7-5-6-8-11/h11-12H,3-10H2,1-2H3. The highest BCUT2D eigenvalue weighted by Gasteiger charge is 2.20. The molecule has 0 heterocycles. The number of rotatable bonds is 6. The van der Waals surface area contributed by atoms with E-state index in [-0.39, 0.29) is 0 Å². The van der Waals surface area contributed by atoms with Crippen LogP contribution in [0.5, 0.6) is 0 Å². The molecule has 1 aliphatic rings. The zero-order chi connectivity index (χ0) is 9.52. The maximum atomic E-state index is 3.55. The SMILES string of the molecule is CCCNN(CCC)C1CCCC1. The van der Waals surface area contributed by atoms with Crippen molar-refractivity contribution in [1.29, 1.82) is 0 Å². The lowest BCUT2D eigenvalue weighted by Crippen LogP contribution is -2.45. The zero-order valence-electron chi connectivity index (χ0n) is 9.18. The lowest BCUT2D eigenvalue weighted by atomic mass is 10.2. The Labute approximate surface area is 82.7 Å². The van der Waals surface area contributed by atoms with Gasteiger partial charge >= 0.3 is 0 Å². The molecule has 0 spiro atoms. The highest BCUT2D eigenvalue weighted by atomic mass is 15.5. The van der Waals surface area contributed by atoms with Crippen LogP contribution in [-0.4, -0.2) is 24.1 Å². The van der Waals surface area contributed by atoms with E-state index in [1.807, 2.05) is 0 Å². The van der Waals surface area contributed by atoms with Crippen LogP contribution in [0.15, 0.2) is 0 Å². The van der Waals surface area contributed by atoms with Gasteiger partial charge in [-0.25, -0.2) is 5.01 Å². The van der Waals surface area contributed by atoms with Crippen LogP contribution >= 0.6 is 0 Å². The van der Waals surface area contributed by atoms with Crippen molar-refractivity contribution in [2.24, 2.45) is 0 Å². The number of nitrogens with one attached hydrogen (secondary N) is 1. The first-order valence-electron chi connectivity index (χ1n) is 5.88. The third-order valence-corrected chi connectivity index (χ3v) is 2.79. The van der Waals surface area contributed by atoms with Crippen LogP contribution in [0.2, 0.25) is 0 Å². The summed E-state index contributed by atoms with van der Waals surface area (Å²) in [6, 6.07) is 0.825. The van der Waals surface area contributed by atoms with E-state index in [0.717, 1.165) is 12.6 Å². The molecule has 2 heteroatoms. The molecule has 0 aliphatic heterocycles. The highest BCUT2D eigenvalue weighted by molar-refractivity contribution is 4.74. The third-order valence-electron chi connectivity index (χ3n) is 2.79. The fraction of sp³-hybridized carbons (Fsp3) is 1.00. The number of hydrogen-bond acceptors (Lipinski definition) is 2. The summed E-state index contributed by atoms with van der Waals surface area (Å²) in [7, 11) is 0. The van der Waals surface area contributed by atoms with Crippen LogP contribution in [0.4, 0.5) is 0 Å². The molecule has 1 saturated carbocycles. The quantitative estimate of drug-likeness (QED) is 0.638. The monoisotopic (exact) mass is 184 g/mol. The van der Waals surface area contributed by atoms with Gasteiger partial charge in [0.25, 0.3) is 0 Å². The Kier molecular flexibility index (Phi) is 5.40. The van der Waals surface area contributed by atoms with Crippen LogP contribution < -0.4 is 5.43 Å². The average Bonchev–Trinajstić information content (AvgIpc) is 2.65. The molecule has 1 rings (SSSR count). The molecule has 0 saturated heterocycles. The molecule has 0 unspecified atom stereocenters. The molecule has 1 fully saturated rings. The fourth-order valence-electron chi connectivity index (χ4n) is 2.10. The molecule has 13 heavy (non-hydrogen) atoms. The van der Waals surface area contributed by atoms with Gasteiger partial charge in [0.05, 0.1) is 0 Å². The van der Waals surface area contributed by atoms with E-state index in [4.69, 9.17) is 0 Å². The zero-order valence-corrected chi connectivity index (χ0v) is 9.18. The van der Waals surface area contributed by atoms with Crippen LogP contribution in [0.1, 0.15) is 52.4 Å². The molecule has 0 atom stereocenters. The molecule has 1 aliphatic carbocycles. The number of nitrogens with zero attached hydrogens (tertiary/aromatic N) is 1. The summed E-state index contributed by atoms with van der Waals surface area (Å²) >= 11 is 0. The molecule has 0 aromatic rings. The van der Waals surface area contributed by atoms with Gasteiger partial charge in [-0.15, -0.1) is 0 Å². The van der Waals surface area contributed by atoms with Gasteiger partial charge in [0.1, 0.15) is 0 Å². The Balaban J connectivity index is 2.26. The first-order valence-corrected chi connectivity index (χ1v) is 5.88. The van der Waals surface area contributed by atoms with Crippen LogP contribution in [0.3, 0.4) is 0 Å². The highest BCUT2D eigenvalue weighted by Crippen LogP contribution is 2.22. The van der Waals surface area contributed by atoms with Gasteiger partial charge in [-0.2, -0.15) is 0 Å². The maximum absolute atomic E-state index is 3.55. The van der Waals surface area contributed by atoms with Crippen LogP contribution in [-0.2, 0) is 0 Å². The normalized spacial score (nSPS) is 18.7. The topological polar surface area (TPSA) is 15.3 Å². The summed E-state index contributed by atoms with van der Waals surface area (Å²) in [6.07, 6.45) is 8.14. The molecular weight excluding hydrogens is 160 g/mol. The smallest absolute Gasteiger partial charge is 0.0243 e. The summed E-state index contributed by atoms with van der Waals surface area (Å²) in [5, 5.41) is 2.48. The molecule has 1 N–H and O–H groups in total. The van der Waals surface area contributed by atoms with Gasteiger partial charge in [0.2, 0.25) is 0 Å². The van der Waals surface area contributed by atoms with Crippen molar-refractivity contribution in [3.8, 4) is 0 Å². The van der Waals surface area contributed by atoms with Gasteiger partial charge in [-0.3, -0.25) is 5.43 Å². The second-order valence-corrected chi connectivity index (χ2v) is 4.04. The predicted molar refractivity (Wildman–Crippen MR) is 57.5 cm³/mol. The summed E-state index contributed by atoms with van der Waals surface area (Å²) in [5.74, 6) is 0. The van der Waals surface area contributed by atoms with Crippen LogP contribution in [0, 0.1) is 0 Å². The van der Waals surface area contributed by atoms with Crippen molar-refractivity contribution in [3.05, 3.63) is 0 Å². The molecule has 0 aromatic carbocycles. The van der Waals surface area contributed by atoms with E-state index >= 15 is 0 Å². The second kappa shape index (κ2) is 6.39. The average molecular weight is 184 g/mol. The first-order chi connectivity index (χ1) is 6.38. The largest absolute Gasteiger partial charge is 0.255 e. The Morgan fingerprint density at radius 1 is 1.15 bits per heavy atom. The summed E-state index contributed by atoms with van der Waals surface area (Å²) in [5.41, 5.74) is 3.55. The first kappa shape index (κ1) is 11.0. The minimum absolute atomic E-state index is 0.825. The molecule has 0 aromatic heterocycles. The van der Waals surface area contributed by atoms with E-state index in [0.29, 0.717) is 0 Å². The van der Waals surface area contributed by atoms with Crippen molar-refractivity contribution in [2.45, 2.75) is 58.4 Å². The van der Waals surface area contributed by atoms with Crippen molar-refractivity contribution >= 4 is 0 Å². The molecule has 78 valence electrons. The summed E-state index contributed by atoms with van der Waals surface area (Å²) < 4.78 is 0. The van der Waals surface area contributed by atoms with Crippen molar-refractivity contribution in [1.82, 2.24) is 10.4 Å². The van der Waals surface area contributed by atoms with E-state index in [9.17, 15) is 0 Å². The number of hydrogen-bond donors (Lipinski definition) is 1. The van der Waals surface area contributed by atoms with Crippen molar-refractivity contribution < 1.29 is 0 Å². The Hall–Kier alpha value is -0.0800. The molecule has 0 bridgehead atoms. The minimum Gasteiger partial charge on any atom is -0.255 e. The minimum atomic E-state index is 0.825. The van der Waals surface area contributed by atoms with Gasteiger partial charge < -0.3 is 0 Å². The molecule has 0 amide bonds. The Morgan fingerprint density at radius 3 is 2.38 bits per heavy atom. The fourth-order valence-corrected chi connectivity index (χ4v) is 2.10. The van der Waals surface area contributed by atoms with Crippen LogP contribution in [0.25, 0.3) is 0 Å². The molecular formula is C11H24N2. The van der Waals surface area contributed by atoms with E-state index < -0.39 is 0 Å². The molecule has 2 nitrogen and oxygen atoms in total. The lowest BCUT2D eigenvalue weighted by molar-refractivity contribution is 0.126. The Bertz CT molecular complexity index is 119. The van der Waals surface area contributed by atoms with Crippen molar-refractivity contribution in [2.75, 3.05) is 13.1 Å². The van der Waals surface area contributed by atoms with Gasteiger partial charge in [0, 0.05) is 19.1 Å². The maximum Gasteiger partial charge on any atom is 0.0243 e. The molecule has 0 radical (unpaired) electrons. The summed E-state index contributed by atoms with van der Waals surface area (Å²) in [4.78, 5) is 0. The van der Waals surface area contributed by atoms with Gasteiger partial charge in [-0.05, 0) is 25.7 Å². The van der Waals surface area contributed by atoms with Gasteiger partial charge in [0.15, 0.2) is 0 Å². The van der Waals surface area contributed by atoms with E-state index in [2.05, 4.69) is 24.3 Å². The van der Waals surface area contributed by atoms with E-state index in [1.165, 1.54) is 45.1 Å². The van der Waals surface area contributed by atoms with E-state index in [1.54, 1.807) is 0 Å². The summed E-state index contributed by atoms with van der Waals surface area (Å²) in [6.45, 7) is 6.84. The predicted octanol–water partition coefficient (Wildman–Crippen LogP) is 2.56. The second-order valence-electron chi connectivity index (χ2n) is 4.04. The lowest BCUT2D eigenvalue weighted by Gasteiger charge is -2.28. The number of hydrazine groups is 1. The van der Waals surface area contributed by atoms with Gasteiger partial charge in [-0.1, -0.05) is 26.7 Å².